The summed E-state index contributed by atoms with van der Waals surface area (Å²) in [5, 5.41) is 10.0. The highest BCUT2D eigenvalue weighted by Crippen LogP contribution is 2.34. The summed E-state index contributed by atoms with van der Waals surface area (Å²) in [5.41, 5.74) is -1.06. The number of carbonyl (C=O) groups excluding carboxylic acids is 1. The SMILES string of the molecule is O=C(NCc1ccc(-n2cncn2)cc1)c1cnn(-c2ccccc2F)c1C(F)(F)F. The number of nitrogens with zero attached hydrogens (tertiary/aromatic N) is 5. The zero-order valence-corrected chi connectivity index (χ0v) is 15.7. The average Bonchev–Trinajstić information content (AvgIpc) is 3.43. The minimum Gasteiger partial charge on any atom is -0.348 e. The second-order valence-corrected chi connectivity index (χ2v) is 6.46. The molecule has 158 valence electrons. The maximum absolute atomic E-state index is 14.0. The molecule has 0 aliphatic carbocycles. The van der Waals surface area contributed by atoms with Gasteiger partial charge in [0.15, 0.2) is 5.69 Å². The van der Waals surface area contributed by atoms with Gasteiger partial charge in [0.05, 0.1) is 17.4 Å². The van der Waals surface area contributed by atoms with Crippen LogP contribution in [-0.2, 0) is 12.7 Å². The number of amides is 1. The van der Waals surface area contributed by atoms with Crippen molar-refractivity contribution in [3.05, 3.63) is 90.0 Å². The molecule has 0 aliphatic heterocycles. The van der Waals surface area contributed by atoms with Crippen LogP contribution in [0.3, 0.4) is 0 Å². The number of benzene rings is 2. The van der Waals surface area contributed by atoms with Gasteiger partial charge < -0.3 is 5.32 Å². The molecule has 0 aliphatic rings. The van der Waals surface area contributed by atoms with E-state index in [0.717, 1.165) is 24.0 Å². The average molecular weight is 430 g/mol. The smallest absolute Gasteiger partial charge is 0.348 e. The molecular formula is C20H14F4N6O. The maximum atomic E-state index is 14.0. The van der Waals surface area contributed by atoms with E-state index < -0.39 is 34.8 Å². The topological polar surface area (TPSA) is 77.6 Å². The van der Waals surface area contributed by atoms with Crippen molar-refractivity contribution in [2.75, 3.05) is 0 Å². The lowest BCUT2D eigenvalue weighted by molar-refractivity contribution is -0.143. The third kappa shape index (κ3) is 4.15. The fourth-order valence-electron chi connectivity index (χ4n) is 2.98. The Bertz CT molecular complexity index is 1200. The molecule has 1 N–H and O–H groups in total. The molecule has 1 amide bonds. The van der Waals surface area contributed by atoms with Crippen LogP contribution in [0.1, 0.15) is 21.6 Å². The summed E-state index contributed by atoms with van der Waals surface area (Å²) in [5.74, 6) is -1.87. The van der Waals surface area contributed by atoms with Crippen molar-refractivity contribution < 1.29 is 22.4 Å². The van der Waals surface area contributed by atoms with Crippen molar-refractivity contribution in [3.8, 4) is 11.4 Å². The van der Waals surface area contributed by atoms with E-state index in [2.05, 4.69) is 20.5 Å². The Morgan fingerprint density at radius 1 is 1.03 bits per heavy atom. The molecule has 2 heterocycles. The molecule has 0 spiro atoms. The van der Waals surface area contributed by atoms with E-state index in [1.165, 1.54) is 29.5 Å². The van der Waals surface area contributed by atoms with Gasteiger partial charge in [-0.1, -0.05) is 24.3 Å². The molecular weight excluding hydrogens is 416 g/mol. The summed E-state index contributed by atoms with van der Waals surface area (Å²) in [7, 11) is 0. The summed E-state index contributed by atoms with van der Waals surface area (Å²) >= 11 is 0. The second-order valence-electron chi connectivity index (χ2n) is 6.46. The molecule has 0 bridgehead atoms. The Morgan fingerprint density at radius 2 is 1.77 bits per heavy atom. The first kappa shape index (κ1) is 20.3. The number of hydrogen-bond donors (Lipinski definition) is 1. The minimum atomic E-state index is -4.93. The zero-order chi connectivity index (χ0) is 22.0. The van der Waals surface area contributed by atoms with Crippen LogP contribution in [0, 0.1) is 5.82 Å². The Hall–Kier alpha value is -4.02. The zero-order valence-electron chi connectivity index (χ0n) is 15.7. The lowest BCUT2D eigenvalue weighted by Crippen LogP contribution is -2.26. The van der Waals surface area contributed by atoms with Gasteiger partial charge in [0, 0.05) is 6.54 Å². The highest BCUT2D eigenvalue weighted by molar-refractivity contribution is 5.95. The normalized spacial score (nSPS) is 11.5. The summed E-state index contributed by atoms with van der Waals surface area (Å²) in [6.07, 6.45) is -1.25. The van der Waals surface area contributed by atoms with Gasteiger partial charge in [-0.05, 0) is 29.8 Å². The second kappa shape index (κ2) is 8.01. The van der Waals surface area contributed by atoms with E-state index in [1.54, 1.807) is 24.3 Å². The van der Waals surface area contributed by atoms with Crippen LogP contribution in [0.25, 0.3) is 11.4 Å². The summed E-state index contributed by atoms with van der Waals surface area (Å²) < 4.78 is 57.0. The van der Waals surface area contributed by atoms with Crippen LogP contribution in [0.2, 0.25) is 0 Å². The van der Waals surface area contributed by atoms with Gasteiger partial charge in [0.25, 0.3) is 5.91 Å². The summed E-state index contributed by atoms with van der Waals surface area (Å²) in [6.45, 7) is -0.0152. The minimum absolute atomic E-state index is 0.0152. The predicted octanol–water partition coefficient (Wildman–Crippen LogP) is 3.54. The third-order valence-electron chi connectivity index (χ3n) is 4.44. The number of nitrogens with one attached hydrogen (secondary N) is 1. The van der Waals surface area contributed by atoms with E-state index in [0.29, 0.717) is 10.2 Å². The van der Waals surface area contributed by atoms with E-state index in [1.807, 2.05) is 0 Å². The van der Waals surface area contributed by atoms with Gasteiger partial charge in [-0.3, -0.25) is 4.79 Å². The molecule has 0 unspecified atom stereocenters. The molecule has 4 aromatic rings. The molecule has 0 saturated heterocycles. The van der Waals surface area contributed by atoms with E-state index in [4.69, 9.17) is 0 Å². The van der Waals surface area contributed by atoms with E-state index in [9.17, 15) is 22.4 Å². The highest BCUT2D eigenvalue weighted by atomic mass is 19.4. The first-order valence-corrected chi connectivity index (χ1v) is 8.97. The van der Waals surface area contributed by atoms with Crippen LogP contribution < -0.4 is 5.32 Å². The van der Waals surface area contributed by atoms with Crippen LogP contribution in [0.5, 0.6) is 0 Å². The first-order chi connectivity index (χ1) is 14.8. The molecule has 4 rings (SSSR count). The number of halogens is 4. The Labute approximate surface area is 173 Å². The predicted molar refractivity (Wildman–Crippen MR) is 101 cm³/mol. The largest absolute Gasteiger partial charge is 0.434 e. The molecule has 0 radical (unpaired) electrons. The molecule has 11 heteroatoms. The molecule has 2 aromatic carbocycles. The number of para-hydroxylation sites is 1. The number of rotatable bonds is 5. The van der Waals surface area contributed by atoms with E-state index >= 15 is 0 Å². The van der Waals surface area contributed by atoms with Crippen molar-refractivity contribution >= 4 is 5.91 Å². The van der Waals surface area contributed by atoms with Crippen LogP contribution in [-0.4, -0.2) is 30.5 Å². The van der Waals surface area contributed by atoms with Gasteiger partial charge in [0.1, 0.15) is 24.2 Å². The first-order valence-electron chi connectivity index (χ1n) is 8.97. The highest BCUT2D eigenvalue weighted by Gasteiger charge is 2.41. The van der Waals surface area contributed by atoms with Crippen molar-refractivity contribution in [2.45, 2.75) is 12.7 Å². The quantitative estimate of drug-likeness (QED) is 0.492. The maximum Gasteiger partial charge on any atom is 0.434 e. The molecule has 7 nitrogen and oxygen atoms in total. The molecule has 2 aromatic heterocycles. The van der Waals surface area contributed by atoms with Gasteiger partial charge in [0.2, 0.25) is 0 Å². The Morgan fingerprint density at radius 3 is 2.42 bits per heavy atom. The molecule has 31 heavy (non-hydrogen) atoms. The molecule has 0 fully saturated rings. The number of aromatic nitrogens is 5. The summed E-state index contributed by atoms with van der Waals surface area (Å²) in [4.78, 5) is 16.3. The number of alkyl halides is 3. The fraction of sp³-hybridized carbons (Fsp3) is 0.100. The third-order valence-corrected chi connectivity index (χ3v) is 4.44. The van der Waals surface area contributed by atoms with Gasteiger partial charge in [-0.15, -0.1) is 0 Å². The number of hydrogen-bond acceptors (Lipinski definition) is 4. The van der Waals surface area contributed by atoms with Crippen molar-refractivity contribution in [1.29, 1.82) is 0 Å². The van der Waals surface area contributed by atoms with Crippen LogP contribution >= 0.6 is 0 Å². The molecule has 0 atom stereocenters. The lowest BCUT2D eigenvalue weighted by atomic mass is 10.2. The van der Waals surface area contributed by atoms with Gasteiger partial charge in [-0.2, -0.15) is 23.4 Å². The standard InChI is InChI=1S/C20H14F4N6O/c21-16-3-1-2-4-17(16)30-18(20(22,23)24)15(10-27-30)19(31)26-9-13-5-7-14(8-6-13)29-12-25-11-28-29/h1-8,10-12H,9H2,(H,26,31). The lowest BCUT2D eigenvalue weighted by Gasteiger charge is -2.13. The van der Waals surface area contributed by atoms with E-state index in [-0.39, 0.29) is 6.54 Å². The van der Waals surface area contributed by atoms with Crippen LogP contribution in [0.4, 0.5) is 17.6 Å². The number of carbonyl (C=O) groups is 1. The Kier molecular flexibility index (Phi) is 5.24. The molecule has 0 saturated carbocycles. The van der Waals surface area contributed by atoms with Crippen LogP contribution in [0.15, 0.2) is 67.4 Å². The van der Waals surface area contributed by atoms with Gasteiger partial charge >= 0.3 is 6.18 Å². The Balaban J connectivity index is 1.55. The fourth-order valence-corrected chi connectivity index (χ4v) is 2.98. The van der Waals surface area contributed by atoms with Gasteiger partial charge in [-0.25, -0.2) is 18.7 Å². The van der Waals surface area contributed by atoms with Crippen molar-refractivity contribution in [3.63, 3.8) is 0 Å². The van der Waals surface area contributed by atoms with Crippen molar-refractivity contribution in [2.24, 2.45) is 0 Å². The summed E-state index contributed by atoms with van der Waals surface area (Å²) in [6, 6.07) is 11.7. The monoisotopic (exact) mass is 430 g/mol. The van der Waals surface area contributed by atoms with Crippen molar-refractivity contribution in [1.82, 2.24) is 29.9 Å².